The van der Waals surface area contributed by atoms with E-state index in [2.05, 4.69) is 0 Å². The summed E-state index contributed by atoms with van der Waals surface area (Å²) in [5.41, 5.74) is -0.935. The molecule has 2 aliphatic rings. The van der Waals surface area contributed by atoms with Gasteiger partial charge in [-0.25, -0.2) is 4.39 Å². The minimum atomic E-state index is -4.79. The van der Waals surface area contributed by atoms with Crippen LogP contribution in [-0.4, -0.2) is 35.0 Å². The van der Waals surface area contributed by atoms with E-state index < -0.39 is 35.2 Å². The van der Waals surface area contributed by atoms with E-state index in [-0.39, 0.29) is 60.6 Å². The highest BCUT2D eigenvalue weighted by Crippen LogP contribution is 2.48. The van der Waals surface area contributed by atoms with Crippen LogP contribution in [-0.2, 0) is 17.4 Å². The number of fused-ring (bicyclic) bond motifs is 2. The first-order valence-corrected chi connectivity index (χ1v) is 12.8. The van der Waals surface area contributed by atoms with Gasteiger partial charge in [-0.2, -0.15) is 13.2 Å². The zero-order chi connectivity index (χ0) is 28.8. The maximum absolute atomic E-state index is 15.3. The Morgan fingerprint density at radius 3 is 2.42 bits per heavy atom. The molecule has 212 valence electrons. The van der Waals surface area contributed by atoms with E-state index in [0.717, 1.165) is 5.56 Å². The molecule has 0 saturated carbocycles. The van der Waals surface area contributed by atoms with Crippen LogP contribution in [0, 0.1) is 5.82 Å². The van der Waals surface area contributed by atoms with Crippen molar-refractivity contribution in [1.82, 2.24) is 0 Å². The highest BCUT2D eigenvalue weighted by atomic mass is 19.4. The quantitative estimate of drug-likeness (QED) is 0.299. The molecule has 3 aromatic rings. The van der Waals surface area contributed by atoms with Gasteiger partial charge in [0.15, 0.2) is 0 Å². The van der Waals surface area contributed by atoms with E-state index in [1.807, 2.05) is 0 Å². The second-order valence-corrected chi connectivity index (χ2v) is 10.7. The molecule has 0 radical (unpaired) electrons. The van der Waals surface area contributed by atoms with Crippen LogP contribution in [0.3, 0.4) is 0 Å². The van der Waals surface area contributed by atoms with Crippen LogP contribution < -0.4 is 14.2 Å². The number of carboxylic acids is 1. The first kappa shape index (κ1) is 27.8. The van der Waals surface area contributed by atoms with Gasteiger partial charge < -0.3 is 24.4 Å². The van der Waals surface area contributed by atoms with E-state index in [1.165, 1.54) is 24.3 Å². The van der Waals surface area contributed by atoms with Crippen LogP contribution in [0.2, 0.25) is 0 Å². The third kappa shape index (κ3) is 5.72. The van der Waals surface area contributed by atoms with E-state index in [9.17, 15) is 23.1 Å². The number of alkyl halides is 3. The summed E-state index contributed by atoms with van der Waals surface area (Å²) in [5.74, 6) is -1.02. The molecule has 1 aliphatic heterocycles. The molecule has 3 aromatic carbocycles. The van der Waals surface area contributed by atoms with Crippen LogP contribution in [0.15, 0.2) is 48.5 Å². The predicted molar refractivity (Wildman–Crippen MR) is 137 cm³/mol. The molecule has 1 aliphatic carbocycles. The van der Waals surface area contributed by atoms with E-state index >= 15 is 4.39 Å². The molecule has 6 nitrogen and oxygen atoms in total. The molecule has 40 heavy (non-hydrogen) atoms. The highest BCUT2D eigenvalue weighted by Gasteiger charge is 2.40. The molecule has 0 bridgehead atoms. The average molecular weight is 561 g/mol. The van der Waals surface area contributed by atoms with Crippen molar-refractivity contribution in [2.75, 3.05) is 13.2 Å². The second-order valence-electron chi connectivity index (χ2n) is 10.7. The van der Waals surface area contributed by atoms with Gasteiger partial charge in [0.05, 0.1) is 24.2 Å². The molecule has 0 fully saturated rings. The minimum Gasteiger partial charge on any atom is -0.492 e. The number of aliphatic carboxylic acids is 1. The maximum Gasteiger partial charge on any atom is 0.417 e. The lowest BCUT2D eigenvalue weighted by Gasteiger charge is -2.21. The van der Waals surface area contributed by atoms with Crippen LogP contribution in [0.5, 0.6) is 17.2 Å². The Kier molecular flexibility index (Phi) is 7.16. The molecule has 5 rings (SSSR count). The van der Waals surface area contributed by atoms with Gasteiger partial charge in [-0.15, -0.1) is 0 Å². The summed E-state index contributed by atoms with van der Waals surface area (Å²) in [5, 5.41) is 19.0. The molecule has 0 spiro atoms. The summed E-state index contributed by atoms with van der Waals surface area (Å²) in [6.45, 7) is 3.36. The van der Waals surface area contributed by atoms with Crippen LogP contribution in [0.4, 0.5) is 17.6 Å². The topological polar surface area (TPSA) is 85.2 Å². The van der Waals surface area contributed by atoms with Gasteiger partial charge in [-0.3, -0.25) is 4.79 Å². The fourth-order valence-corrected chi connectivity index (χ4v) is 5.27. The van der Waals surface area contributed by atoms with Crippen LogP contribution >= 0.6 is 0 Å². The standard InChI is InChI=1S/C30H28F4O6/c1-29(2,37)15-39-18-5-3-16(4-6-18)27-21-9-10-24(28(21)23(31)13-22(27)30(32,33)34)40-19-7-8-20-17(11-26(35)36)14-38-25(20)12-19/h3-8,12-13,17,24,37H,9-11,14-15H2,1-2H3,(H,35,36)/t17?,24-/m1/s1. The number of carbonyl (C=O) groups is 1. The van der Waals surface area contributed by atoms with Gasteiger partial charge in [-0.1, -0.05) is 18.2 Å². The van der Waals surface area contributed by atoms with E-state index in [4.69, 9.17) is 19.3 Å². The van der Waals surface area contributed by atoms with Crippen molar-refractivity contribution in [3.8, 4) is 28.4 Å². The van der Waals surface area contributed by atoms with Crippen molar-refractivity contribution in [2.24, 2.45) is 0 Å². The van der Waals surface area contributed by atoms with Gasteiger partial charge in [0.25, 0.3) is 0 Å². The van der Waals surface area contributed by atoms with Gasteiger partial charge in [0.1, 0.15) is 35.8 Å². The van der Waals surface area contributed by atoms with Crippen molar-refractivity contribution >= 4 is 5.97 Å². The van der Waals surface area contributed by atoms with E-state index in [1.54, 1.807) is 32.0 Å². The third-order valence-electron chi connectivity index (χ3n) is 7.01. The lowest BCUT2D eigenvalue weighted by atomic mass is 9.91. The molecule has 10 heteroatoms. The number of halogens is 4. The van der Waals surface area contributed by atoms with Gasteiger partial charge in [0, 0.05) is 23.1 Å². The fraction of sp³-hybridized carbons (Fsp3) is 0.367. The normalized spacial score (nSPS) is 18.2. The zero-order valence-electron chi connectivity index (χ0n) is 21.8. The largest absolute Gasteiger partial charge is 0.492 e. The number of hydrogen-bond acceptors (Lipinski definition) is 5. The number of ether oxygens (including phenoxy) is 3. The van der Waals surface area contributed by atoms with Crippen LogP contribution in [0.25, 0.3) is 11.1 Å². The molecular weight excluding hydrogens is 532 g/mol. The summed E-state index contributed by atoms with van der Waals surface area (Å²) in [6.07, 6.45) is -5.24. The molecule has 1 heterocycles. The first-order chi connectivity index (χ1) is 18.8. The van der Waals surface area contributed by atoms with Crippen LogP contribution in [0.1, 0.15) is 61.0 Å². The lowest BCUT2D eigenvalue weighted by molar-refractivity contribution is -0.138. The average Bonchev–Trinajstić information content (AvgIpc) is 3.46. The Balaban J connectivity index is 1.46. The Bertz CT molecular complexity index is 1430. The minimum absolute atomic E-state index is 0.000931. The SMILES string of the molecule is CC(C)(O)COc1ccc(-c2c(C(F)(F)F)cc(F)c3c2CC[C@H]3Oc2ccc3c(c2)OCC3CC(=O)O)cc1. The van der Waals surface area contributed by atoms with Crippen molar-refractivity contribution in [3.63, 3.8) is 0 Å². The predicted octanol–water partition coefficient (Wildman–Crippen LogP) is 6.68. The fourth-order valence-electron chi connectivity index (χ4n) is 5.27. The number of benzene rings is 3. The Morgan fingerprint density at radius 1 is 1.07 bits per heavy atom. The molecule has 0 saturated heterocycles. The molecular formula is C30H28F4O6. The number of hydrogen-bond donors (Lipinski definition) is 2. The third-order valence-corrected chi connectivity index (χ3v) is 7.01. The number of aliphatic hydroxyl groups is 1. The highest BCUT2D eigenvalue weighted by molar-refractivity contribution is 5.75. The second kappa shape index (κ2) is 10.3. The smallest absolute Gasteiger partial charge is 0.417 e. The first-order valence-electron chi connectivity index (χ1n) is 12.8. The summed E-state index contributed by atoms with van der Waals surface area (Å²) >= 11 is 0. The molecule has 2 atom stereocenters. The van der Waals surface area contributed by atoms with Gasteiger partial charge in [-0.05, 0) is 67.6 Å². The van der Waals surface area contributed by atoms with Crippen molar-refractivity contribution in [2.45, 2.75) is 56.9 Å². The Morgan fingerprint density at radius 2 is 1.77 bits per heavy atom. The van der Waals surface area contributed by atoms with Gasteiger partial charge >= 0.3 is 12.1 Å². The number of carboxylic acid groups (broad SMARTS) is 1. The summed E-state index contributed by atoms with van der Waals surface area (Å²) in [7, 11) is 0. The van der Waals surface area contributed by atoms with Crippen molar-refractivity contribution in [1.29, 1.82) is 0 Å². The maximum atomic E-state index is 15.3. The lowest BCUT2D eigenvalue weighted by Crippen LogP contribution is -2.27. The summed E-state index contributed by atoms with van der Waals surface area (Å²) in [6, 6.07) is 11.5. The Labute approximate surface area is 228 Å². The summed E-state index contributed by atoms with van der Waals surface area (Å²) < 4.78 is 74.8. The monoisotopic (exact) mass is 560 g/mol. The van der Waals surface area contributed by atoms with Gasteiger partial charge in [0.2, 0.25) is 0 Å². The van der Waals surface area contributed by atoms with E-state index in [0.29, 0.717) is 23.3 Å². The van der Waals surface area contributed by atoms with Crippen molar-refractivity contribution in [3.05, 3.63) is 76.6 Å². The Hall–Kier alpha value is -3.79. The number of rotatable bonds is 8. The molecule has 2 N–H and O–H groups in total. The zero-order valence-corrected chi connectivity index (χ0v) is 21.8. The molecule has 0 aromatic heterocycles. The van der Waals surface area contributed by atoms with Crippen molar-refractivity contribution < 1.29 is 46.8 Å². The molecule has 0 amide bonds. The summed E-state index contributed by atoms with van der Waals surface area (Å²) in [4.78, 5) is 11.1. The molecule has 1 unspecified atom stereocenters.